The molecule has 1 fully saturated rings. The molecule has 1 N–H and O–H groups in total. The van der Waals surface area contributed by atoms with E-state index in [0.717, 1.165) is 13.1 Å². The van der Waals surface area contributed by atoms with Crippen molar-refractivity contribution in [2.75, 3.05) is 47.1 Å². The standard InChI is InChI=1S/C22H28N2O4/c1-16-4-6-17(7-5-16)20(24-10-12-28-13-11-24)15-23-22(25)19-9-8-18(26-2)14-21(19)27-3/h4-9,14,20H,10-13,15H2,1-3H3,(H,23,25). The highest BCUT2D eigenvalue weighted by molar-refractivity contribution is 5.97. The highest BCUT2D eigenvalue weighted by Gasteiger charge is 2.24. The number of morpholine rings is 1. The Morgan fingerprint density at radius 3 is 2.46 bits per heavy atom. The van der Waals surface area contributed by atoms with E-state index in [1.807, 2.05) is 0 Å². The molecule has 1 heterocycles. The molecule has 1 atom stereocenters. The van der Waals surface area contributed by atoms with Gasteiger partial charge in [-0.25, -0.2) is 0 Å². The molecule has 1 unspecified atom stereocenters. The molecule has 1 amide bonds. The average Bonchev–Trinajstić information content (AvgIpc) is 2.75. The maximum atomic E-state index is 12.8. The number of ether oxygens (including phenoxy) is 3. The van der Waals surface area contributed by atoms with Crippen LogP contribution in [0.5, 0.6) is 11.5 Å². The van der Waals surface area contributed by atoms with Crippen molar-refractivity contribution in [2.45, 2.75) is 13.0 Å². The summed E-state index contributed by atoms with van der Waals surface area (Å²) in [5.74, 6) is 0.985. The molecule has 3 rings (SSSR count). The average molecular weight is 384 g/mol. The molecule has 28 heavy (non-hydrogen) atoms. The Hall–Kier alpha value is -2.57. The zero-order valence-electron chi connectivity index (χ0n) is 16.7. The van der Waals surface area contributed by atoms with Gasteiger partial charge in [0.05, 0.1) is 39.0 Å². The van der Waals surface area contributed by atoms with Crippen LogP contribution in [-0.4, -0.2) is 57.9 Å². The molecule has 1 aliphatic rings. The summed E-state index contributed by atoms with van der Waals surface area (Å²) in [5, 5.41) is 3.08. The zero-order chi connectivity index (χ0) is 19.9. The third kappa shape index (κ3) is 4.82. The smallest absolute Gasteiger partial charge is 0.255 e. The fraction of sp³-hybridized carbons (Fsp3) is 0.409. The van der Waals surface area contributed by atoms with Gasteiger partial charge in [-0.2, -0.15) is 0 Å². The lowest BCUT2D eigenvalue weighted by atomic mass is 10.0. The summed E-state index contributed by atoms with van der Waals surface area (Å²) >= 11 is 0. The minimum atomic E-state index is -0.162. The fourth-order valence-electron chi connectivity index (χ4n) is 3.41. The highest BCUT2D eigenvalue weighted by atomic mass is 16.5. The summed E-state index contributed by atoms with van der Waals surface area (Å²) in [7, 11) is 3.14. The summed E-state index contributed by atoms with van der Waals surface area (Å²) in [5.41, 5.74) is 2.90. The summed E-state index contributed by atoms with van der Waals surface area (Å²) in [4.78, 5) is 15.2. The second kappa shape index (κ2) is 9.57. The Morgan fingerprint density at radius 2 is 1.82 bits per heavy atom. The van der Waals surface area contributed by atoms with Gasteiger partial charge in [-0.15, -0.1) is 0 Å². The normalized spacial score (nSPS) is 15.7. The Morgan fingerprint density at radius 1 is 1.11 bits per heavy atom. The van der Waals surface area contributed by atoms with Crippen LogP contribution in [0.15, 0.2) is 42.5 Å². The number of nitrogens with zero attached hydrogens (tertiary/aromatic N) is 1. The Balaban J connectivity index is 1.75. The molecule has 0 spiro atoms. The Bertz CT molecular complexity index is 786. The number of hydrogen-bond donors (Lipinski definition) is 1. The molecule has 2 aromatic rings. The summed E-state index contributed by atoms with van der Waals surface area (Å²) in [6.07, 6.45) is 0. The van der Waals surface area contributed by atoms with Gasteiger partial charge in [0.1, 0.15) is 11.5 Å². The minimum Gasteiger partial charge on any atom is -0.497 e. The first-order valence-electron chi connectivity index (χ1n) is 9.51. The van der Waals surface area contributed by atoms with Crippen molar-refractivity contribution in [3.8, 4) is 11.5 Å². The minimum absolute atomic E-state index is 0.0951. The van der Waals surface area contributed by atoms with E-state index in [2.05, 4.69) is 41.4 Å². The van der Waals surface area contributed by atoms with Crippen molar-refractivity contribution in [3.63, 3.8) is 0 Å². The maximum Gasteiger partial charge on any atom is 0.255 e. The van der Waals surface area contributed by atoms with Crippen molar-refractivity contribution in [1.29, 1.82) is 0 Å². The van der Waals surface area contributed by atoms with Gasteiger partial charge in [-0.3, -0.25) is 9.69 Å². The van der Waals surface area contributed by atoms with Gasteiger partial charge in [0, 0.05) is 25.7 Å². The van der Waals surface area contributed by atoms with Gasteiger partial charge in [-0.05, 0) is 24.6 Å². The van der Waals surface area contributed by atoms with E-state index in [1.54, 1.807) is 32.4 Å². The second-order valence-corrected chi connectivity index (χ2v) is 6.85. The Kier molecular flexibility index (Phi) is 6.90. The van der Waals surface area contributed by atoms with E-state index in [0.29, 0.717) is 36.8 Å². The molecule has 6 heteroatoms. The quantitative estimate of drug-likeness (QED) is 0.795. The van der Waals surface area contributed by atoms with Crippen molar-refractivity contribution in [2.24, 2.45) is 0 Å². The van der Waals surface area contributed by atoms with Gasteiger partial charge in [0.15, 0.2) is 0 Å². The van der Waals surface area contributed by atoms with E-state index in [4.69, 9.17) is 14.2 Å². The van der Waals surface area contributed by atoms with Crippen molar-refractivity contribution in [3.05, 3.63) is 59.2 Å². The topological polar surface area (TPSA) is 60.0 Å². The largest absolute Gasteiger partial charge is 0.497 e. The molecule has 0 saturated carbocycles. The van der Waals surface area contributed by atoms with Gasteiger partial charge >= 0.3 is 0 Å². The van der Waals surface area contributed by atoms with E-state index >= 15 is 0 Å². The molecule has 2 aromatic carbocycles. The lowest BCUT2D eigenvalue weighted by Gasteiger charge is -2.35. The third-order valence-corrected chi connectivity index (χ3v) is 5.06. The summed E-state index contributed by atoms with van der Waals surface area (Å²) in [6, 6.07) is 13.8. The second-order valence-electron chi connectivity index (χ2n) is 6.85. The van der Waals surface area contributed by atoms with E-state index in [-0.39, 0.29) is 11.9 Å². The zero-order valence-corrected chi connectivity index (χ0v) is 16.7. The number of hydrogen-bond acceptors (Lipinski definition) is 5. The number of carbonyl (C=O) groups is 1. The predicted molar refractivity (Wildman–Crippen MR) is 108 cm³/mol. The van der Waals surface area contributed by atoms with E-state index in [1.165, 1.54) is 11.1 Å². The molecular formula is C22H28N2O4. The van der Waals surface area contributed by atoms with Crippen molar-refractivity contribution < 1.29 is 19.0 Å². The number of aryl methyl sites for hydroxylation is 1. The maximum absolute atomic E-state index is 12.8. The molecule has 1 saturated heterocycles. The van der Waals surface area contributed by atoms with Crippen LogP contribution in [-0.2, 0) is 4.74 Å². The number of rotatable bonds is 7. The van der Waals surface area contributed by atoms with E-state index in [9.17, 15) is 4.79 Å². The first-order valence-corrected chi connectivity index (χ1v) is 9.51. The van der Waals surface area contributed by atoms with Crippen LogP contribution in [0.4, 0.5) is 0 Å². The van der Waals surface area contributed by atoms with Crippen LogP contribution < -0.4 is 14.8 Å². The summed E-state index contributed by atoms with van der Waals surface area (Å²) < 4.78 is 16.1. The van der Waals surface area contributed by atoms with Crippen LogP contribution in [0.3, 0.4) is 0 Å². The first-order chi connectivity index (χ1) is 13.6. The van der Waals surface area contributed by atoms with E-state index < -0.39 is 0 Å². The third-order valence-electron chi connectivity index (χ3n) is 5.06. The van der Waals surface area contributed by atoms with Gasteiger partial charge in [0.2, 0.25) is 0 Å². The van der Waals surface area contributed by atoms with Crippen molar-refractivity contribution in [1.82, 2.24) is 10.2 Å². The van der Waals surface area contributed by atoms with Gasteiger partial charge in [0.25, 0.3) is 5.91 Å². The first kappa shape index (κ1) is 20.2. The van der Waals surface area contributed by atoms with Crippen LogP contribution in [0.25, 0.3) is 0 Å². The Labute approximate surface area is 166 Å². The number of benzene rings is 2. The van der Waals surface area contributed by atoms with Crippen LogP contribution in [0, 0.1) is 6.92 Å². The fourth-order valence-corrected chi connectivity index (χ4v) is 3.41. The number of amides is 1. The summed E-state index contributed by atoms with van der Waals surface area (Å²) in [6.45, 7) is 5.70. The lowest BCUT2D eigenvalue weighted by Crippen LogP contribution is -2.43. The molecular weight excluding hydrogens is 356 g/mol. The molecule has 6 nitrogen and oxygen atoms in total. The monoisotopic (exact) mass is 384 g/mol. The molecule has 0 aromatic heterocycles. The molecule has 150 valence electrons. The van der Waals surface area contributed by atoms with Gasteiger partial charge < -0.3 is 19.5 Å². The highest BCUT2D eigenvalue weighted by Crippen LogP contribution is 2.25. The molecule has 0 aliphatic carbocycles. The number of methoxy groups -OCH3 is 2. The molecule has 0 bridgehead atoms. The van der Waals surface area contributed by atoms with Crippen LogP contribution >= 0.6 is 0 Å². The lowest BCUT2D eigenvalue weighted by molar-refractivity contribution is 0.0162. The predicted octanol–water partition coefficient (Wildman–Crippen LogP) is 2.82. The van der Waals surface area contributed by atoms with Crippen molar-refractivity contribution >= 4 is 5.91 Å². The number of nitrogens with one attached hydrogen (secondary N) is 1. The molecule has 0 radical (unpaired) electrons. The SMILES string of the molecule is COc1ccc(C(=O)NCC(c2ccc(C)cc2)N2CCOCC2)c(OC)c1. The van der Waals surface area contributed by atoms with Gasteiger partial charge in [-0.1, -0.05) is 29.8 Å². The molecule has 1 aliphatic heterocycles. The van der Waals surface area contributed by atoms with Crippen LogP contribution in [0.2, 0.25) is 0 Å². The van der Waals surface area contributed by atoms with Crippen LogP contribution in [0.1, 0.15) is 27.5 Å². The number of carbonyl (C=O) groups excluding carboxylic acids is 1.